The van der Waals surface area contributed by atoms with Gasteiger partial charge in [0.1, 0.15) is 47.0 Å². The molecular formula is C35H24Cl2N16. The number of halogens is 2. The Hall–Kier alpha value is -6.67. The third-order valence-corrected chi connectivity index (χ3v) is 10.4. The number of nitrogens with one attached hydrogen (secondary N) is 3. The standard InChI is InChI=1S/C35H24Cl2N16/c36-24-18-2-1-7-42-32(18)48-28(24)26-22-30(39)43-13-45-34(22)52(50-26)12-15-3-4-16(9-38)20(8-15)21-6-5-19-25(37)29(49-33(19)47-21)27-23-31(40)44-14-46-35(23)53(51-27)17-10-41-11-17/h1-8,13-14,17,41H,10-12H2,(H,42,48)(H,47,49)(H2,39,43,45)(H2,40,44,46). The molecule has 18 heteroatoms. The number of nitrogens with two attached hydrogens (primary N) is 2. The maximum Gasteiger partial charge on any atom is 0.164 e. The van der Waals surface area contributed by atoms with Crippen molar-refractivity contribution in [3.8, 4) is 40.1 Å². The Morgan fingerprint density at radius 1 is 0.811 bits per heavy atom. The second-order valence-electron chi connectivity index (χ2n) is 12.6. The number of H-pyrrole nitrogens is 2. The molecule has 0 amide bonds. The van der Waals surface area contributed by atoms with E-state index in [0.717, 1.165) is 24.0 Å². The summed E-state index contributed by atoms with van der Waals surface area (Å²) >= 11 is 13.8. The van der Waals surface area contributed by atoms with Crippen LogP contribution in [0.4, 0.5) is 11.6 Å². The first-order valence-electron chi connectivity index (χ1n) is 16.4. The summed E-state index contributed by atoms with van der Waals surface area (Å²) in [7, 11) is 0. The Morgan fingerprint density at radius 2 is 1.51 bits per heavy atom. The van der Waals surface area contributed by atoms with Gasteiger partial charge in [-0.15, -0.1) is 0 Å². The molecule has 1 saturated heterocycles. The summed E-state index contributed by atoms with van der Waals surface area (Å²) in [6, 6.07) is 15.4. The van der Waals surface area contributed by atoms with Crippen molar-refractivity contribution in [2.75, 3.05) is 24.6 Å². The van der Waals surface area contributed by atoms with Crippen molar-refractivity contribution >= 4 is 79.0 Å². The number of hydrogen-bond acceptors (Lipinski definition) is 12. The SMILES string of the molecule is N#Cc1ccc(Cn2nc(-c3[nH]c4ncccc4c3Cl)c3c(N)ncnc32)cc1-c1ccc2c(Cl)c(-c3nn(C4CNC4)c4ncnc(N)c34)[nH]c2n1. The average molecular weight is 740 g/mol. The normalized spacial score (nSPS) is 13.4. The van der Waals surface area contributed by atoms with Crippen molar-refractivity contribution in [3.05, 3.63) is 82.5 Å². The van der Waals surface area contributed by atoms with Crippen molar-refractivity contribution in [2.45, 2.75) is 12.6 Å². The molecule has 0 aliphatic carbocycles. The number of nitrogens with zero attached hydrogens (tertiary/aromatic N) is 11. The average Bonchev–Trinajstić information content (AvgIpc) is 3.89. The van der Waals surface area contributed by atoms with Crippen LogP contribution in [0.5, 0.6) is 0 Å². The zero-order valence-corrected chi connectivity index (χ0v) is 28.8. The van der Waals surface area contributed by atoms with E-state index in [2.05, 4.69) is 46.3 Å². The Kier molecular flexibility index (Phi) is 6.85. The zero-order valence-electron chi connectivity index (χ0n) is 27.3. The molecule has 1 fully saturated rings. The molecule has 0 unspecified atom stereocenters. The highest BCUT2D eigenvalue weighted by molar-refractivity contribution is 6.39. The minimum Gasteiger partial charge on any atom is -0.383 e. The van der Waals surface area contributed by atoms with Gasteiger partial charge in [0.05, 0.1) is 62.1 Å². The fraction of sp³-hybridized carbons (Fsp3) is 0.114. The zero-order chi connectivity index (χ0) is 36.0. The third-order valence-electron chi connectivity index (χ3n) is 9.57. The maximum absolute atomic E-state index is 10.1. The monoisotopic (exact) mass is 738 g/mol. The number of hydrogen-bond donors (Lipinski definition) is 5. The number of nitriles is 1. The third kappa shape index (κ3) is 4.72. The predicted octanol–water partition coefficient (Wildman–Crippen LogP) is 5.26. The minimum absolute atomic E-state index is 0.130. The quantitative estimate of drug-likeness (QED) is 0.147. The van der Waals surface area contributed by atoms with Gasteiger partial charge in [0, 0.05) is 35.6 Å². The lowest BCUT2D eigenvalue weighted by atomic mass is 10.0. The van der Waals surface area contributed by atoms with Gasteiger partial charge in [0.25, 0.3) is 0 Å². The summed E-state index contributed by atoms with van der Waals surface area (Å²) in [4.78, 5) is 33.4. The number of anilines is 2. The van der Waals surface area contributed by atoms with Crippen LogP contribution in [-0.2, 0) is 6.54 Å². The first-order valence-corrected chi connectivity index (χ1v) is 17.1. The van der Waals surface area contributed by atoms with Gasteiger partial charge < -0.3 is 26.8 Å². The fourth-order valence-corrected chi connectivity index (χ4v) is 7.44. The van der Waals surface area contributed by atoms with Crippen LogP contribution in [0.1, 0.15) is 17.2 Å². The van der Waals surface area contributed by atoms with Gasteiger partial charge in [0.2, 0.25) is 0 Å². The van der Waals surface area contributed by atoms with Crippen LogP contribution in [0.3, 0.4) is 0 Å². The molecule has 1 aromatic carbocycles. The number of nitrogen functional groups attached to an aromatic ring is 2. The van der Waals surface area contributed by atoms with E-state index in [0.29, 0.717) is 94.2 Å². The smallest absolute Gasteiger partial charge is 0.164 e. The Labute approximate surface area is 307 Å². The van der Waals surface area contributed by atoms with E-state index in [1.807, 2.05) is 41.1 Å². The molecule has 9 aromatic rings. The second kappa shape index (κ2) is 11.7. The van der Waals surface area contributed by atoms with Crippen LogP contribution in [-0.4, -0.2) is 72.5 Å². The van der Waals surface area contributed by atoms with Crippen molar-refractivity contribution < 1.29 is 0 Å². The number of aromatic amines is 2. The van der Waals surface area contributed by atoms with Crippen molar-refractivity contribution in [1.29, 1.82) is 5.26 Å². The minimum atomic E-state index is 0.130. The van der Waals surface area contributed by atoms with Crippen molar-refractivity contribution in [2.24, 2.45) is 0 Å². The molecule has 1 aliphatic rings. The fourth-order valence-electron chi connectivity index (χ4n) is 6.86. The van der Waals surface area contributed by atoms with E-state index in [4.69, 9.17) is 49.9 Å². The molecule has 0 radical (unpaired) electrons. The number of aromatic nitrogens is 12. The van der Waals surface area contributed by atoms with Crippen LogP contribution in [0.2, 0.25) is 10.0 Å². The van der Waals surface area contributed by atoms with Gasteiger partial charge in [-0.05, 0) is 42.0 Å². The Bertz CT molecular complexity index is 3000. The molecule has 0 spiro atoms. The topological polar surface area (TPSA) is 232 Å². The molecule has 8 aromatic heterocycles. The summed E-state index contributed by atoms with van der Waals surface area (Å²) < 4.78 is 3.60. The first-order chi connectivity index (χ1) is 25.9. The lowest BCUT2D eigenvalue weighted by Gasteiger charge is -2.27. The van der Waals surface area contributed by atoms with Crippen LogP contribution in [0, 0.1) is 11.3 Å². The number of fused-ring (bicyclic) bond motifs is 4. The lowest BCUT2D eigenvalue weighted by Crippen LogP contribution is -2.43. The van der Waals surface area contributed by atoms with Crippen LogP contribution < -0.4 is 16.8 Å². The second-order valence-corrected chi connectivity index (χ2v) is 13.4. The predicted molar refractivity (Wildman–Crippen MR) is 201 cm³/mol. The Balaban J connectivity index is 1.05. The summed E-state index contributed by atoms with van der Waals surface area (Å²) in [5.41, 5.74) is 19.6. The molecule has 1 aliphatic heterocycles. The van der Waals surface area contributed by atoms with Crippen LogP contribution in [0.15, 0.2) is 61.3 Å². The van der Waals surface area contributed by atoms with Gasteiger partial charge in [-0.25, -0.2) is 39.3 Å². The summed E-state index contributed by atoms with van der Waals surface area (Å²) in [6.07, 6.45) is 4.51. The van der Waals surface area contributed by atoms with E-state index in [1.54, 1.807) is 16.9 Å². The molecule has 0 atom stereocenters. The molecule has 9 heterocycles. The van der Waals surface area contributed by atoms with Gasteiger partial charge in [-0.2, -0.15) is 15.5 Å². The van der Waals surface area contributed by atoms with E-state index in [9.17, 15) is 5.26 Å². The Morgan fingerprint density at radius 3 is 2.23 bits per heavy atom. The van der Waals surface area contributed by atoms with Gasteiger partial charge in [0.15, 0.2) is 11.3 Å². The van der Waals surface area contributed by atoms with Gasteiger partial charge in [-0.3, -0.25) is 0 Å². The molecule has 7 N–H and O–H groups in total. The van der Waals surface area contributed by atoms with E-state index < -0.39 is 0 Å². The highest BCUT2D eigenvalue weighted by atomic mass is 35.5. The summed E-state index contributed by atoms with van der Waals surface area (Å²) in [5, 5.41) is 26.7. The van der Waals surface area contributed by atoms with Crippen molar-refractivity contribution in [3.63, 3.8) is 0 Å². The highest BCUT2D eigenvalue weighted by Crippen LogP contribution is 2.40. The van der Waals surface area contributed by atoms with E-state index >= 15 is 0 Å². The molecule has 53 heavy (non-hydrogen) atoms. The van der Waals surface area contributed by atoms with Crippen molar-refractivity contribution in [1.82, 2.24) is 64.7 Å². The maximum atomic E-state index is 10.1. The lowest BCUT2D eigenvalue weighted by molar-refractivity contribution is 0.325. The van der Waals surface area contributed by atoms with Crippen LogP contribution in [0.25, 0.3) is 78.2 Å². The summed E-state index contributed by atoms with van der Waals surface area (Å²) in [6.45, 7) is 1.82. The first kappa shape index (κ1) is 31.1. The summed E-state index contributed by atoms with van der Waals surface area (Å²) in [5.74, 6) is 0.561. The number of pyridine rings is 2. The van der Waals surface area contributed by atoms with E-state index in [-0.39, 0.29) is 18.4 Å². The molecule has 0 saturated carbocycles. The highest BCUT2D eigenvalue weighted by Gasteiger charge is 2.28. The van der Waals surface area contributed by atoms with E-state index in [1.165, 1.54) is 12.7 Å². The number of rotatable bonds is 6. The van der Waals surface area contributed by atoms with Gasteiger partial charge >= 0.3 is 0 Å². The number of benzene rings is 1. The molecule has 258 valence electrons. The van der Waals surface area contributed by atoms with Crippen LogP contribution >= 0.6 is 23.2 Å². The molecule has 10 rings (SSSR count). The molecule has 16 nitrogen and oxygen atoms in total. The largest absolute Gasteiger partial charge is 0.383 e. The molecular weight excluding hydrogens is 715 g/mol. The molecule has 0 bridgehead atoms. The van der Waals surface area contributed by atoms with Gasteiger partial charge in [-0.1, -0.05) is 29.3 Å².